The molecule has 0 bridgehead atoms. The molecule has 0 aliphatic rings. The average molecular weight is 633 g/mol. The van der Waals surface area contributed by atoms with Crippen LogP contribution in [0.5, 0.6) is 5.75 Å². The van der Waals surface area contributed by atoms with Gasteiger partial charge in [0, 0.05) is 5.56 Å². The minimum absolute atomic E-state index is 0.0388. The molecule has 0 amide bonds. The van der Waals surface area contributed by atoms with Crippen molar-refractivity contribution in [3.8, 4) is 5.75 Å². The predicted molar refractivity (Wildman–Crippen MR) is 174 cm³/mol. The lowest BCUT2D eigenvalue weighted by Gasteiger charge is -2.43. The molecule has 10 heteroatoms. The van der Waals surface area contributed by atoms with Gasteiger partial charge in [0.25, 0.3) is 0 Å². The number of rotatable bonds is 16. The van der Waals surface area contributed by atoms with Gasteiger partial charge < -0.3 is 22.5 Å². The van der Waals surface area contributed by atoms with Gasteiger partial charge in [-0.15, -0.1) is 0 Å². The second kappa shape index (κ2) is 15.1. The topological polar surface area (TPSA) is 80.3 Å². The summed E-state index contributed by atoms with van der Waals surface area (Å²) in [5, 5.41) is 1.90. The quantitative estimate of drug-likeness (QED) is 0.116. The molecule has 42 heavy (non-hydrogen) atoms. The summed E-state index contributed by atoms with van der Waals surface area (Å²) in [6.45, 7) is 14.8. The zero-order valence-electron chi connectivity index (χ0n) is 26.0. The molecule has 0 unspecified atom stereocenters. The van der Waals surface area contributed by atoms with E-state index in [-0.39, 0.29) is 43.8 Å². The zero-order chi connectivity index (χ0) is 30.9. The maximum Gasteiger partial charge on any atom is 0.335 e. The molecule has 0 aliphatic heterocycles. The van der Waals surface area contributed by atoms with Crippen LogP contribution in [0.15, 0.2) is 78.9 Å². The first-order valence-electron chi connectivity index (χ1n) is 14.6. The molecule has 0 N–H and O–H groups in total. The highest BCUT2D eigenvalue weighted by molar-refractivity contribution is 7.53. The second-order valence-electron chi connectivity index (χ2n) is 10.9. The van der Waals surface area contributed by atoms with Gasteiger partial charge in [-0.1, -0.05) is 93.6 Å². The largest absolute Gasteiger partial charge is 0.534 e. The molecule has 3 rings (SSSR count). The molecule has 0 saturated carbocycles. The van der Waals surface area contributed by atoms with Crippen molar-refractivity contribution in [2.24, 2.45) is 0 Å². The molecule has 0 saturated heterocycles. The van der Waals surface area contributed by atoms with Crippen LogP contribution in [0.3, 0.4) is 0 Å². The van der Waals surface area contributed by atoms with Crippen LogP contribution in [0.1, 0.15) is 59.6 Å². The predicted octanol–water partition coefficient (Wildman–Crippen LogP) is 8.16. The lowest BCUT2D eigenvalue weighted by Crippen LogP contribution is -2.68. The Morgan fingerprint density at radius 2 is 1.05 bits per heavy atom. The van der Waals surface area contributed by atoms with Crippen LogP contribution in [0.4, 0.5) is 0 Å². The molecule has 0 spiro atoms. The standard InChI is InChI=1S/C32H46O7P2Si/c1-8-35-40(33,36-9-2)25-27-22-23-28(26-41(34,37-10-3)38-11-4)31(24-27)39-42(32(5,6)7,29-18-14-12-15-19-29)30-20-16-13-17-21-30/h12-24H,8-11,25-26H2,1-7H3. The monoisotopic (exact) mass is 632 g/mol. The molecule has 0 atom stereocenters. The van der Waals surface area contributed by atoms with Crippen LogP contribution in [0, 0.1) is 0 Å². The summed E-state index contributed by atoms with van der Waals surface area (Å²) in [6.07, 6.45) is 0.123. The van der Waals surface area contributed by atoms with Crippen molar-refractivity contribution in [3.63, 3.8) is 0 Å². The highest BCUT2D eigenvalue weighted by atomic mass is 31.2. The van der Waals surface area contributed by atoms with Crippen LogP contribution in [0.25, 0.3) is 0 Å². The van der Waals surface area contributed by atoms with Crippen molar-refractivity contribution in [2.75, 3.05) is 26.4 Å². The third kappa shape index (κ3) is 8.32. The van der Waals surface area contributed by atoms with E-state index in [1.54, 1.807) is 27.7 Å². The summed E-state index contributed by atoms with van der Waals surface area (Å²) < 4.78 is 57.2. The number of benzene rings is 3. The van der Waals surface area contributed by atoms with Crippen LogP contribution in [-0.4, -0.2) is 34.7 Å². The fourth-order valence-corrected chi connectivity index (χ4v) is 13.1. The van der Waals surface area contributed by atoms with Crippen molar-refractivity contribution in [2.45, 2.75) is 65.8 Å². The molecular weight excluding hydrogens is 586 g/mol. The van der Waals surface area contributed by atoms with Gasteiger partial charge in [-0.05, 0) is 54.7 Å². The van der Waals surface area contributed by atoms with E-state index in [1.807, 2.05) is 54.6 Å². The van der Waals surface area contributed by atoms with E-state index in [9.17, 15) is 9.13 Å². The van der Waals surface area contributed by atoms with Crippen molar-refractivity contribution < 1.29 is 31.7 Å². The highest BCUT2D eigenvalue weighted by Gasteiger charge is 2.52. The van der Waals surface area contributed by atoms with Gasteiger partial charge in [0.15, 0.2) is 0 Å². The normalized spacial score (nSPS) is 12.8. The number of hydrogen-bond acceptors (Lipinski definition) is 7. The highest BCUT2D eigenvalue weighted by Crippen LogP contribution is 2.54. The summed E-state index contributed by atoms with van der Waals surface area (Å²) in [5.74, 6) is 0.556. The van der Waals surface area contributed by atoms with Crippen molar-refractivity contribution >= 4 is 33.9 Å². The summed E-state index contributed by atoms with van der Waals surface area (Å²) in [5.41, 5.74) is 1.43. The molecule has 230 valence electrons. The Kier molecular flexibility index (Phi) is 12.4. The molecule has 7 nitrogen and oxygen atoms in total. The maximum absolute atomic E-state index is 13.7. The Hall–Kier alpha value is -2.02. The van der Waals surface area contributed by atoms with Crippen LogP contribution < -0.4 is 14.8 Å². The first kappa shape index (κ1) is 34.5. The molecular formula is C32H46O7P2Si. The molecule has 0 heterocycles. The van der Waals surface area contributed by atoms with Gasteiger partial charge in [0.2, 0.25) is 0 Å². The van der Waals surface area contributed by atoms with Gasteiger partial charge in [-0.3, -0.25) is 9.13 Å². The SMILES string of the molecule is CCOP(=O)(Cc1ccc(CP(=O)(OCC)OCC)c(O[Si](c2ccccc2)(c2ccccc2)C(C)(C)C)c1)OCC. The third-order valence-electron chi connectivity index (χ3n) is 6.85. The van der Waals surface area contributed by atoms with Crippen LogP contribution in [0.2, 0.25) is 5.04 Å². The minimum atomic E-state index is -3.46. The van der Waals surface area contributed by atoms with Gasteiger partial charge in [0.05, 0.1) is 38.8 Å². The lowest BCUT2D eigenvalue weighted by molar-refractivity contribution is 0.217. The fraction of sp³-hybridized carbons (Fsp3) is 0.438. The van der Waals surface area contributed by atoms with E-state index in [1.165, 1.54) is 0 Å². The Morgan fingerprint density at radius 1 is 0.619 bits per heavy atom. The van der Waals surface area contributed by atoms with E-state index in [2.05, 4.69) is 45.0 Å². The third-order valence-corrected chi connectivity index (χ3v) is 15.9. The smallest absolute Gasteiger partial charge is 0.335 e. The maximum atomic E-state index is 13.7. The molecule has 3 aromatic rings. The summed E-state index contributed by atoms with van der Waals surface area (Å²) >= 11 is 0. The van der Waals surface area contributed by atoms with Crippen molar-refractivity contribution in [1.29, 1.82) is 0 Å². The summed E-state index contributed by atoms with van der Waals surface area (Å²) in [6, 6.07) is 26.2. The lowest BCUT2D eigenvalue weighted by atomic mass is 10.1. The molecule has 0 aromatic heterocycles. The Labute approximate surface area is 253 Å². The van der Waals surface area contributed by atoms with E-state index in [0.717, 1.165) is 15.9 Å². The molecule has 0 aliphatic carbocycles. The van der Waals surface area contributed by atoms with E-state index in [0.29, 0.717) is 11.3 Å². The molecule has 0 radical (unpaired) electrons. The Morgan fingerprint density at radius 3 is 1.45 bits per heavy atom. The summed E-state index contributed by atoms with van der Waals surface area (Å²) in [7, 11) is -9.90. The van der Waals surface area contributed by atoms with Gasteiger partial charge in [-0.2, -0.15) is 0 Å². The van der Waals surface area contributed by atoms with Gasteiger partial charge in [-0.25, -0.2) is 0 Å². The fourth-order valence-electron chi connectivity index (χ4n) is 5.21. The van der Waals surface area contributed by atoms with E-state index >= 15 is 0 Å². The van der Waals surface area contributed by atoms with Crippen molar-refractivity contribution in [1.82, 2.24) is 0 Å². The van der Waals surface area contributed by atoms with E-state index in [4.69, 9.17) is 22.5 Å². The second-order valence-corrected chi connectivity index (χ2v) is 19.2. The summed E-state index contributed by atoms with van der Waals surface area (Å²) in [4.78, 5) is 0. The zero-order valence-corrected chi connectivity index (χ0v) is 28.8. The minimum Gasteiger partial charge on any atom is -0.534 e. The Bertz CT molecular complexity index is 1300. The Balaban J connectivity index is 2.28. The average Bonchev–Trinajstić information content (AvgIpc) is 2.93. The molecule has 3 aromatic carbocycles. The van der Waals surface area contributed by atoms with Gasteiger partial charge in [0.1, 0.15) is 5.75 Å². The van der Waals surface area contributed by atoms with Crippen LogP contribution in [-0.2, 0) is 39.5 Å². The van der Waals surface area contributed by atoms with E-state index < -0.39 is 23.5 Å². The molecule has 0 fully saturated rings. The number of hydrogen-bond donors (Lipinski definition) is 0. The first-order chi connectivity index (χ1) is 20.0. The van der Waals surface area contributed by atoms with Crippen LogP contribution >= 0.6 is 15.2 Å². The first-order valence-corrected chi connectivity index (χ1v) is 20.0. The van der Waals surface area contributed by atoms with Gasteiger partial charge >= 0.3 is 23.5 Å². The van der Waals surface area contributed by atoms with Crippen molar-refractivity contribution in [3.05, 3.63) is 90.0 Å².